The van der Waals surface area contributed by atoms with Crippen LogP contribution >= 0.6 is 27.3 Å². The Balaban J connectivity index is 2.18. The van der Waals surface area contributed by atoms with Crippen molar-refractivity contribution < 1.29 is 4.74 Å². The van der Waals surface area contributed by atoms with Crippen molar-refractivity contribution in [3.63, 3.8) is 0 Å². The van der Waals surface area contributed by atoms with Gasteiger partial charge >= 0.3 is 0 Å². The van der Waals surface area contributed by atoms with Crippen LogP contribution in [0.5, 0.6) is 0 Å². The molecular weight excluding hydrogens is 312 g/mol. The van der Waals surface area contributed by atoms with Crippen molar-refractivity contribution in [2.75, 3.05) is 25.6 Å². The molecule has 0 aliphatic heterocycles. The van der Waals surface area contributed by atoms with Crippen molar-refractivity contribution in [2.45, 2.75) is 6.92 Å². The van der Waals surface area contributed by atoms with Crippen molar-refractivity contribution in [2.24, 2.45) is 0 Å². The molecule has 0 amide bonds. The van der Waals surface area contributed by atoms with Crippen LogP contribution in [0.15, 0.2) is 28.7 Å². The quantitative estimate of drug-likeness (QED) is 0.845. The molecule has 1 aromatic carbocycles. The fraction of sp³-hybridized carbons (Fsp3) is 0.308. The van der Waals surface area contributed by atoms with Crippen LogP contribution in [0.25, 0.3) is 11.3 Å². The van der Waals surface area contributed by atoms with E-state index in [1.54, 1.807) is 18.4 Å². The summed E-state index contributed by atoms with van der Waals surface area (Å²) in [6.45, 7) is 3.56. The topological polar surface area (TPSA) is 34.1 Å². The first-order valence-corrected chi connectivity index (χ1v) is 7.28. The molecule has 0 radical (unpaired) electrons. The standard InChI is InChI=1S/C13H15BrN2OS/c1-9-12(10-4-3-5-11(14)8-10)16-13(18-9)15-6-7-17-2/h3-5,8H,6-7H2,1-2H3,(H,15,16). The highest BCUT2D eigenvalue weighted by Crippen LogP contribution is 2.31. The Labute approximate surface area is 119 Å². The van der Waals surface area contributed by atoms with E-state index in [1.165, 1.54) is 4.88 Å². The molecule has 0 spiro atoms. The van der Waals surface area contributed by atoms with Crippen LogP contribution < -0.4 is 5.32 Å². The molecule has 0 saturated heterocycles. The number of methoxy groups -OCH3 is 1. The molecule has 2 rings (SSSR count). The number of rotatable bonds is 5. The van der Waals surface area contributed by atoms with E-state index >= 15 is 0 Å². The molecule has 0 aliphatic carbocycles. The van der Waals surface area contributed by atoms with E-state index in [0.29, 0.717) is 6.61 Å². The molecule has 18 heavy (non-hydrogen) atoms. The van der Waals surface area contributed by atoms with Crippen molar-refractivity contribution in [3.05, 3.63) is 33.6 Å². The van der Waals surface area contributed by atoms with E-state index in [4.69, 9.17) is 4.74 Å². The third kappa shape index (κ3) is 3.31. The smallest absolute Gasteiger partial charge is 0.183 e. The molecule has 0 unspecified atom stereocenters. The zero-order valence-corrected chi connectivity index (χ0v) is 12.8. The minimum absolute atomic E-state index is 0.685. The van der Waals surface area contributed by atoms with Crippen molar-refractivity contribution in [1.29, 1.82) is 0 Å². The molecule has 96 valence electrons. The minimum atomic E-state index is 0.685. The first-order valence-electron chi connectivity index (χ1n) is 5.67. The summed E-state index contributed by atoms with van der Waals surface area (Å²) in [7, 11) is 1.70. The van der Waals surface area contributed by atoms with Crippen LogP contribution in [-0.4, -0.2) is 25.2 Å². The summed E-state index contributed by atoms with van der Waals surface area (Å²) < 4.78 is 6.08. The second-order valence-corrected chi connectivity index (χ2v) is 5.97. The van der Waals surface area contributed by atoms with E-state index in [1.807, 2.05) is 12.1 Å². The number of ether oxygens (including phenoxy) is 1. The highest BCUT2D eigenvalue weighted by molar-refractivity contribution is 9.10. The van der Waals surface area contributed by atoms with Crippen LogP contribution in [0.3, 0.4) is 0 Å². The maximum absolute atomic E-state index is 5.01. The lowest BCUT2D eigenvalue weighted by Crippen LogP contribution is -2.06. The lowest BCUT2D eigenvalue weighted by molar-refractivity contribution is 0.211. The van der Waals surface area contributed by atoms with Gasteiger partial charge < -0.3 is 10.1 Å². The van der Waals surface area contributed by atoms with Crippen molar-refractivity contribution >= 4 is 32.4 Å². The zero-order valence-electron chi connectivity index (χ0n) is 10.4. The summed E-state index contributed by atoms with van der Waals surface area (Å²) in [6, 6.07) is 8.20. The van der Waals surface area contributed by atoms with Crippen molar-refractivity contribution in [3.8, 4) is 11.3 Å². The van der Waals surface area contributed by atoms with E-state index < -0.39 is 0 Å². The summed E-state index contributed by atoms with van der Waals surface area (Å²) >= 11 is 5.16. The van der Waals surface area contributed by atoms with Crippen LogP contribution in [-0.2, 0) is 4.74 Å². The number of nitrogens with one attached hydrogen (secondary N) is 1. The average Bonchev–Trinajstić information content (AvgIpc) is 2.71. The predicted molar refractivity (Wildman–Crippen MR) is 80.4 cm³/mol. The Hall–Kier alpha value is -0.910. The van der Waals surface area contributed by atoms with Crippen LogP contribution in [0.2, 0.25) is 0 Å². The number of nitrogens with zero attached hydrogens (tertiary/aromatic N) is 1. The molecule has 3 nitrogen and oxygen atoms in total. The van der Waals surface area contributed by atoms with Gasteiger partial charge in [0.05, 0.1) is 12.3 Å². The zero-order chi connectivity index (χ0) is 13.0. The van der Waals surface area contributed by atoms with Gasteiger partial charge in [0.1, 0.15) is 0 Å². The molecule has 0 bridgehead atoms. The molecule has 0 fully saturated rings. The predicted octanol–water partition coefficient (Wildman–Crippen LogP) is 3.94. The third-order valence-corrected chi connectivity index (χ3v) is 3.90. The first-order chi connectivity index (χ1) is 8.70. The van der Waals surface area contributed by atoms with Gasteiger partial charge in [-0.15, -0.1) is 11.3 Å². The van der Waals surface area contributed by atoms with Gasteiger partial charge in [0.25, 0.3) is 0 Å². The maximum atomic E-state index is 5.01. The van der Waals surface area contributed by atoms with Gasteiger partial charge in [-0.3, -0.25) is 0 Å². The normalized spacial score (nSPS) is 10.6. The summed E-state index contributed by atoms with van der Waals surface area (Å²) in [6.07, 6.45) is 0. The highest BCUT2D eigenvalue weighted by Gasteiger charge is 2.09. The number of hydrogen-bond acceptors (Lipinski definition) is 4. The van der Waals surface area contributed by atoms with Gasteiger partial charge in [-0.25, -0.2) is 4.98 Å². The Morgan fingerprint density at radius 1 is 1.44 bits per heavy atom. The van der Waals surface area contributed by atoms with Crippen LogP contribution in [0.1, 0.15) is 4.88 Å². The van der Waals surface area contributed by atoms with E-state index in [0.717, 1.165) is 27.4 Å². The van der Waals surface area contributed by atoms with Crippen LogP contribution in [0, 0.1) is 6.92 Å². The highest BCUT2D eigenvalue weighted by atomic mass is 79.9. The Kier molecular flexibility index (Phi) is 4.74. The summed E-state index contributed by atoms with van der Waals surface area (Å²) in [5, 5.41) is 4.21. The molecule has 1 heterocycles. The number of benzene rings is 1. The lowest BCUT2D eigenvalue weighted by Gasteiger charge is -2.00. The number of aromatic nitrogens is 1. The minimum Gasteiger partial charge on any atom is -0.383 e. The fourth-order valence-electron chi connectivity index (χ4n) is 1.64. The largest absolute Gasteiger partial charge is 0.383 e. The summed E-state index contributed by atoms with van der Waals surface area (Å²) in [5.74, 6) is 0. The SMILES string of the molecule is COCCNc1nc(-c2cccc(Br)c2)c(C)s1. The van der Waals surface area contributed by atoms with Gasteiger partial charge in [0.2, 0.25) is 0 Å². The third-order valence-electron chi connectivity index (χ3n) is 2.48. The molecule has 0 saturated carbocycles. The Bertz CT molecular complexity index is 527. The molecule has 1 aromatic heterocycles. The van der Waals surface area contributed by atoms with Gasteiger partial charge in [-0.2, -0.15) is 0 Å². The van der Waals surface area contributed by atoms with E-state index in [9.17, 15) is 0 Å². The van der Waals surface area contributed by atoms with Crippen LogP contribution in [0.4, 0.5) is 5.13 Å². The summed E-state index contributed by atoms with van der Waals surface area (Å²) in [5.41, 5.74) is 2.18. The second-order valence-electron chi connectivity index (χ2n) is 3.85. The second kappa shape index (κ2) is 6.31. The molecule has 2 aromatic rings. The number of anilines is 1. The Morgan fingerprint density at radius 2 is 2.28 bits per heavy atom. The van der Waals surface area contributed by atoms with Gasteiger partial charge in [0.15, 0.2) is 5.13 Å². The monoisotopic (exact) mass is 326 g/mol. The van der Waals surface area contributed by atoms with E-state index in [-0.39, 0.29) is 0 Å². The number of hydrogen-bond donors (Lipinski definition) is 1. The number of thiazole rings is 1. The van der Waals surface area contributed by atoms with Crippen molar-refractivity contribution in [1.82, 2.24) is 4.98 Å². The lowest BCUT2D eigenvalue weighted by atomic mass is 10.1. The number of aryl methyl sites for hydroxylation is 1. The first kappa shape index (κ1) is 13.5. The van der Waals surface area contributed by atoms with E-state index in [2.05, 4.69) is 45.3 Å². The average molecular weight is 327 g/mol. The van der Waals surface area contributed by atoms with Gasteiger partial charge in [-0.1, -0.05) is 28.1 Å². The molecule has 5 heteroatoms. The molecule has 1 N–H and O–H groups in total. The summed E-state index contributed by atoms with van der Waals surface area (Å²) in [4.78, 5) is 5.84. The maximum Gasteiger partial charge on any atom is 0.183 e. The Morgan fingerprint density at radius 3 is 3.00 bits per heavy atom. The molecular formula is C13H15BrN2OS. The number of halogens is 1. The fourth-order valence-corrected chi connectivity index (χ4v) is 2.90. The molecule has 0 atom stereocenters. The van der Waals surface area contributed by atoms with Gasteiger partial charge in [0, 0.05) is 28.6 Å². The van der Waals surface area contributed by atoms with Gasteiger partial charge in [-0.05, 0) is 19.1 Å². The molecule has 0 aliphatic rings.